The van der Waals surface area contributed by atoms with Crippen LogP contribution in [-0.4, -0.2) is 56.7 Å². The minimum Gasteiger partial charge on any atom is -0.383 e. The number of methoxy groups -OCH3 is 1. The maximum Gasteiger partial charge on any atom is 0.224 e. The number of benzene rings is 1. The number of para-hydroxylation sites is 2. The molecule has 0 radical (unpaired) electrons. The third-order valence-corrected chi connectivity index (χ3v) is 5.52. The van der Waals surface area contributed by atoms with Gasteiger partial charge in [0.25, 0.3) is 0 Å². The van der Waals surface area contributed by atoms with E-state index in [9.17, 15) is 4.79 Å². The quantitative estimate of drug-likeness (QED) is 0.631. The Morgan fingerprint density at radius 2 is 2.11 bits per heavy atom. The van der Waals surface area contributed by atoms with Gasteiger partial charge in [-0.2, -0.15) is 0 Å². The van der Waals surface area contributed by atoms with E-state index in [1.54, 1.807) is 7.11 Å². The van der Waals surface area contributed by atoms with Gasteiger partial charge >= 0.3 is 0 Å². The van der Waals surface area contributed by atoms with Crippen LogP contribution in [-0.2, 0) is 22.6 Å². The van der Waals surface area contributed by atoms with Crippen LogP contribution in [0.3, 0.4) is 0 Å². The highest BCUT2D eigenvalue weighted by molar-refractivity contribution is 5.77. The van der Waals surface area contributed by atoms with Gasteiger partial charge in [0, 0.05) is 58.0 Å². The first kappa shape index (κ1) is 18.7. The SMILES string of the molecule is COCCn1ccnc1[C@H]1CCCN(C(=O)CCn2cnc3ccccc32)C1. The number of imidazole rings is 2. The van der Waals surface area contributed by atoms with Gasteiger partial charge in [-0.15, -0.1) is 0 Å². The molecule has 1 amide bonds. The van der Waals surface area contributed by atoms with E-state index in [4.69, 9.17) is 4.74 Å². The second-order valence-electron chi connectivity index (χ2n) is 7.33. The van der Waals surface area contributed by atoms with Crippen molar-refractivity contribution in [3.8, 4) is 0 Å². The largest absolute Gasteiger partial charge is 0.383 e. The lowest BCUT2D eigenvalue weighted by molar-refractivity contribution is -0.132. The Balaban J connectivity index is 1.38. The van der Waals surface area contributed by atoms with Crippen LogP contribution >= 0.6 is 0 Å². The maximum atomic E-state index is 12.8. The molecule has 28 heavy (non-hydrogen) atoms. The Bertz CT molecular complexity index is 932. The molecule has 0 N–H and O–H groups in total. The summed E-state index contributed by atoms with van der Waals surface area (Å²) in [6, 6.07) is 8.02. The Morgan fingerprint density at radius 3 is 3.00 bits per heavy atom. The van der Waals surface area contributed by atoms with E-state index in [1.165, 1.54) is 0 Å². The predicted octanol–water partition coefficient (Wildman–Crippen LogP) is 2.68. The topological polar surface area (TPSA) is 65.2 Å². The van der Waals surface area contributed by atoms with Crippen LogP contribution in [0.5, 0.6) is 0 Å². The predicted molar refractivity (Wildman–Crippen MR) is 107 cm³/mol. The monoisotopic (exact) mass is 381 g/mol. The first-order valence-electron chi connectivity index (χ1n) is 9.94. The molecular formula is C21H27N5O2. The number of rotatable bonds is 7. The highest BCUT2D eigenvalue weighted by Gasteiger charge is 2.27. The number of ether oxygens (including phenoxy) is 1. The molecule has 1 saturated heterocycles. The van der Waals surface area contributed by atoms with Crippen molar-refractivity contribution in [1.29, 1.82) is 0 Å². The van der Waals surface area contributed by atoms with Crippen molar-refractivity contribution in [2.45, 2.75) is 38.3 Å². The van der Waals surface area contributed by atoms with Gasteiger partial charge < -0.3 is 18.8 Å². The summed E-state index contributed by atoms with van der Waals surface area (Å²) in [7, 11) is 1.71. The summed E-state index contributed by atoms with van der Waals surface area (Å²) < 4.78 is 9.41. The molecule has 7 heteroatoms. The van der Waals surface area contributed by atoms with Gasteiger partial charge in [0.15, 0.2) is 0 Å². The standard InChI is InChI=1S/C21H27N5O2/c1-28-14-13-24-12-9-22-21(24)17-5-4-10-25(15-17)20(27)8-11-26-16-23-18-6-2-3-7-19(18)26/h2-3,6-7,9,12,16-17H,4-5,8,10-11,13-15H2,1H3/t17-/m0/s1. The number of hydrogen-bond donors (Lipinski definition) is 0. The Morgan fingerprint density at radius 1 is 1.21 bits per heavy atom. The van der Waals surface area contributed by atoms with Crippen LogP contribution in [0.4, 0.5) is 0 Å². The highest BCUT2D eigenvalue weighted by atomic mass is 16.5. The Labute approximate surface area is 164 Å². The molecule has 0 bridgehead atoms. The van der Waals surface area contributed by atoms with Crippen LogP contribution in [0.1, 0.15) is 31.0 Å². The summed E-state index contributed by atoms with van der Waals surface area (Å²) in [4.78, 5) is 23.8. The molecule has 1 fully saturated rings. The van der Waals surface area contributed by atoms with Crippen molar-refractivity contribution < 1.29 is 9.53 Å². The van der Waals surface area contributed by atoms with E-state index in [-0.39, 0.29) is 5.91 Å². The van der Waals surface area contributed by atoms with Crippen molar-refractivity contribution in [3.63, 3.8) is 0 Å². The number of likely N-dealkylation sites (tertiary alicyclic amines) is 1. The zero-order valence-corrected chi connectivity index (χ0v) is 16.3. The van der Waals surface area contributed by atoms with Crippen molar-refractivity contribution in [3.05, 3.63) is 48.8 Å². The lowest BCUT2D eigenvalue weighted by Gasteiger charge is -2.33. The number of piperidine rings is 1. The van der Waals surface area contributed by atoms with Crippen molar-refractivity contribution in [2.24, 2.45) is 0 Å². The lowest BCUT2D eigenvalue weighted by atomic mass is 9.97. The van der Waals surface area contributed by atoms with E-state index in [0.717, 1.165) is 49.3 Å². The van der Waals surface area contributed by atoms with Gasteiger partial charge in [-0.25, -0.2) is 9.97 Å². The third-order valence-electron chi connectivity index (χ3n) is 5.52. The molecule has 1 aromatic carbocycles. The molecule has 148 valence electrons. The fourth-order valence-electron chi connectivity index (χ4n) is 4.04. The van der Waals surface area contributed by atoms with Crippen LogP contribution in [0, 0.1) is 0 Å². The minimum atomic E-state index is 0.206. The molecule has 2 aromatic heterocycles. The second kappa shape index (κ2) is 8.56. The molecule has 1 aliphatic rings. The van der Waals surface area contributed by atoms with E-state index in [0.29, 0.717) is 25.5 Å². The molecule has 3 heterocycles. The van der Waals surface area contributed by atoms with Gasteiger partial charge in [-0.05, 0) is 25.0 Å². The maximum absolute atomic E-state index is 12.8. The number of carbonyl (C=O) groups excluding carboxylic acids is 1. The minimum absolute atomic E-state index is 0.206. The van der Waals surface area contributed by atoms with E-state index in [1.807, 2.05) is 47.9 Å². The second-order valence-corrected chi connectivity index (χ2v) is 7.33. The van der Waals surface area contributed by atoms with Gasteiger partial charge in [-0.1, -0.05) is 12.1 Å². The molecule has 0 spiro atoms. The van der Waals surface area contributed by atoms with Gasteiger partial charge in [0.2, 0.25) is 5.91 Å². The van der Waals surface area contributed by atoms with Crippen LogP contribution in [0.2, 0.25) is 0 Å². The van der Waals surface area contributed by atoms with E-state index in [2.05, 4.69) is 19.1 Å². The summed E-state index contributed by atoms with van der Waals surface area (Å²) in [5.41, 5.74) is 2.04. The number of fused-ring (bicyclic) bond motifs is 1. The molecule has 0 saturated carbocycles. The molecule has 1 aliphatic heterocycles. The Hall–Kier alpha value is -2.67. The zero-order valence-electron chi connectivity index (χ0n) is 16.3. The van der Waals surface area contributed by atoms with Crippen molar-refractivity contribution >= 4 is 16.9 Å². The summed E-state index contributed by atoms with van der Waals surface area (Å²) in [5, 5.41) is 0. The number of nitrogens with zero attached hydrogens (tertiary/aromatic N) is 5. The molecule has 0 aliphatic carbocycles. The lowest BCUT2D eigenvalue weighted by Crippen LogP contribution is -2.40. The Kier molecular flexibility index (Phi) is 5.71. The summed E-state index contributed by atoms with van der Waals surface area (Å²) in [6.07, 6.45) is 8.24. The van der Waals surface area contributed by atoms with Crippen LogP contribution in [0.25, 0.3) is 11.0 Å². The highest BCUT2D eigenvalue weighted by Crippen LogP contribution is 2.26. The van der Waals surface area contributed by atoms with Gasteiger partial charge in [0.1, 0.15) is 5.82 Å². The number of aromatic nitrogens is 4. The first-order chi connectivity index (χ1) is 13.8. The number of aryl methyl sites for hydroxylation is 1. The van der Waals surface area contributed by atoms with Crippen molar-refractivity contribution in [1.82, 2.24) is 24.0 Å². The van der Waals surface area contributed by atoms with E-state index >= 15 is 0 Å². The first-order valence-corrected chi connectivity index (χ1v) is 9.94. The van der Waals surface area contributed by atoms with Crippen LogP contribution in [0.15, 0.2) is 43.0 Å². The molecule has 4 rings (SSSR count). The average Bonchev–Trinajstić information content (AvgIpc) is 3.37. The van der Waals surface area contributed by atoms with Gasteiger partial charge in [-0.3, -0.25) is 4.79 Å². The number of hydrogen-bond acceptors (Lipinski definition) is 4. The zero-order chi connectivity index (χ0) is 19.3. The number of amides is 1. The fraction of sp³-hybridized carbons (Fsp3) is 0.476. The van der Waals surface area contributed by atoms with Gasteiger partial charge in [0.05, 0.1) is 24.0 Å². The fourth-order valence-corrected chi connectivity index (χ4v) is 4.04. The normalized spacial score (nSPS) is 17.3. The smallest absolute Gasteiger partial charge is 0.224 e. The summed E-state index contributed by atoms with van der Waals surface area (Å²) in [5.74, 6) is 1.56. The number of carbonyl (C=O) groups is 1. The van der Waals surface area contributed by atoms with Crippen molar-refractivity contribution in [2.75, 3.05) is 26.8 Å². The molecular weight excluding hydrogens is 354 g/mol. The third kappa shape index (κ3) is 3.94. The molecule has 1 atom stereocenters. The summed E-state index contributed by atoms with van der Waals surface area (Å²) in [6.45, 7) is 3.69. The molecule has 3 aromatic rings. The molecule has 0 unspecified atom stereocenters. The summed E-state index contributed by atoms with van der Waals surface area (Å²) >= 11 is 0. The van der Waals surface area contributed by atoms with E-state index < -0.39 is 0 Å². The average molecular weight is 381 g/mol. The van der Waals surface area contributed by atoms with Crippen LogP contribution < -0.4 is 0 Å². The molecule has 7 nitrogen and oxygen atoms in total.